The van der Waals surface area contributed by atoms with E-state index in [9.17, 15) is 9.59 Å². The predicted octanol–water partition coefficient (Wildman–Crippen LogP) is 3.75. The van der Waals surface area contributed by atoms with Crippen molar-refractivity contribution in [2.45, 2.75) is 39.8 Å². The maximum absolute atomic E-state index is 12.9. The van der Waals surface area contributed by atoms with Crippen LogP contribution < -0.4 is 5.56 Å². The third-order valence-electron chi connectivity index (χ3n) is 4.98. The van der Waals surface area contributed by atoms with E-state index in [-0.39, 0.29) is 11.5 Å². The molecule has 0 aliphatic carbocycles. The Kier molecular flexibility index (Phi) is 3.87. The average molecular weight is 348 g/mol. The molecule has 1 atom stereocenters. The van der Waals surface area contributed by atoms with Crippen LogP contribution in [-0.2, 0) is 16.1 Å². The number of aromatic nitrogens is 2. The van der Waals surface area contributed by atoms with Gasteiger partial charge in [-0.2, -0.15) is 0 Å². The molecule has 0 N–H and O–H groups in total. The van der Waals surface area contributed by atoms with E-state index >= 15 is 0 Å². The Hall–Kier alpha value is -2.95. The lowest BCUT2D eigenvalue weighted by Crippen LogP contribution is -2.24. The number of rotatable bonds is 3. The molecule has 0 unspecified atom stereocenters. The van der Waals surface area contributed by atoms with Gasteiger partial charge < -0.3 is 9.30 Å². The van der Waals surface area contributed by atoms with E-state index in [0.717, 1.165) is 33.4 Å². The molecular weight excluding hydrogens is 328 g/mol. The summed E-state index contributed by atoms with van der Waals surface area (Å²) >= 11 is 0. The Morgan fingerprint density at radius 1 is 1.31 bits per heavy atom. The molecule has 132 valence electrons. The smallest absolute Gasteiger partial charge is 0.303 e. The van der Waals surface area contributed by atoms with Crippen LogP contribution in [0, 0.1) is 6.92 Å². The highest BCUT2D eigenvalue weighted by atomic mass is 16.5. The maximum Gasteiger partial charge on any atom is 0.303 e. The molecule has 0 saturated carbocycles. The van der Waals surface area contributed by atoms with Gasteiger partial charge in [-0.15, -0.1) is 0 Å². The van der Waals surface area contributed by atoms with Crippen molar-refractivity contribution in [1.29, 1.82) is 0 Å². The van der Waals surface area contributed by atoms with E-state index in [1.165, 1.54) is 6.92 Å². The quantitative estimate of drug-likeness (QED) is 0.529. The van der Waals surface area contributed by atoms with E-state index in [1.807, 2.05) is 37.3 Å². The summed E-state index contributed by atoms with van der Waals surface area (Å²) in [5.41, 5.74) is 4.91. The summed E-state index contributed by atoms with van der Waals surface area (Å²) in [4.78, 5) is 29.2. The normalized spacial score (nSPS) is 13.3. The number of hydrogen-bond donors (Lipinski definition) is 0. The molecule has 0 radical (unpaired) electrons. The number of carbonyl (C=O) groups excluding carboxylic acids is 1. The topological polar surface area (TPSA) is 61.2 Å². The highest BCUT2D eigenvalue weighted by Gasteiger charge is 2.26. The fourth-order valence-electron chi connectivity index (χ4n) is 3.70. The Labute approximate surface area is 151 Å². The summed E-state index contributed by atoms with van der Waals surface area (Å²) in [5.74, 6) is -0.346. The molecule has 3 heterocycles. The number of para-hydroxylation sites is 1. The van der Waals surface area contributed by atoms with E-state index in [0.29, 0.717) is 18.5 Å². The van der Waals surface area contributed by atoms with Gasteiger partial charge in [-0.3, -0.25) is 9.59 Å². The van der Waals surface area contributed by atoms with Crippen molar-refractivity contribution in [2.75, 3.05) is 0 Å². The van der Waals surface area contributed by atoms with Gasteiger partial charge in [-0.05, 0) is 31.5 Å². The lowest BCUT2D eigenvalue weighted by molar-refractivity contribution is -0.146. The monoisotopic (exact) mass is 348 g/mol. The van der Waals surface area contributed by atoms with Crippen LogP contribution in [0.2, 0.25) is 0 Å². The summed E-state index contributed by atoms with van der Waals surface area (Å²) in [7, 11) is 0. The van der Waals surface area contributed by atoms with Gasteiger partial charge in [0.2, 0.25) is 0 Å². The highest BCUT2D eigenvalue weighted by molar-refractivity contribution is 5.84. The molecular formula is C21H20N2O3. The molecule has 0 fully saturated rings. The third-order valence-corrected chi connectivity index (χ3v) is 4.98. The van der Waals surface area contributed by atoms with Gasteiger partial charge in [-0.1, -0.05) is 25.1 Å². The molecule has 3 aromatic rings. The third kappa shape index (κ3) is 2.51. The predicted molar refractivity (Wildman–Crippen MR) is 100 cm³/mol. The first-order valence-corrected chi connectivity index (χ1v) is 8.80. The van der Waals surface area contributed by atoms with E-state index in [2.05, 4.69) is 6.07 Å². The average Bonchev–Trinajstić information content (AvgIpc) is 2.98. The minimum absolute atomic E-state index is 0.0508. The van der Waals surface area contributed by atoms with E-state index in [1.54, 1.807) is 11.5 Å². The number of pyridine rings is 2. The van der Waals surface area contributed by atoms with E-state index < -0.39 is 6.10 Å². The number of esters is 1. The van der Waals surface area contributed by atoms with Crippen molar-refractivity contribution < 1.29 is 9.53 Å². The highest BCUT2D eigenvalue weighted by Crippen LogP contribution is 2.34. The molecule has 1 aliphatic rings. The Morgan fingerprint density at radius 2 is 2.08 bits per heavy atom. The lowest BCUT2D eigenvalue weighted by Gasteiger charge is -2.19. The number of ether oxygens (including phenoxy) is 1. The summed E-state index contributed by atoms with van der Waals surface area (Å²) in [6.07, 6.45) is 0.192. The van der Waals surface area contributed by atoms with Crippen molar-refractivity contribution >= 4 is 16.9 Å². The molecule has 0 amide bonds. The Balaban J connectivity index is 1.92. The van der Waals surface area contributed by atoms with Crippen LogP contribution in [0.15, 0.2) is 41.2 Å². The van der Waals surface area contributed by atoms with Gasteiger partial charge >= 0.3 is 5.97 Å². The summed E-state index contributed by atoms with van der Waals surface area (Å²) in [6.45, 7) is 5.65. The van der Waals surface area contributed by atoms with Gasteiger partial charge in [0, 0.05) is 29.0 Å². The maximum atomic E-state index is 12.9. The zero-order chi connectivity index (χ0) is 18.4. The second-order valence-corrected chi connectivity index (χ2v) is 6.70. The first-order valence-electron chi connectivity index (χ1n) is 8.80. The minimum atomic E-state index is -0.421. The molecule has 1 aliphatic heterocycles. The number of fused-ring (bicyclic) bond motifs is 4. The van der Waals surface area contributed by atoms with Crippen molar-refractivity contribution in [3.8, 4) is 11.4 Å². The second-order valence-electron chi connectivity index (χ2n) is 6.70. The summed E-state index contributed by atoms with van der Waals surface area (Å²) < 4.78 is 7.19. The Morgan fingerprint density at radius 3 is 2.81 bits per heavy atom. The standard InChI is InChI=1S/C21H20N2O3/c1-4-19(26-13(3)24)16-10-18-20-15(11-23(18)21(25)12(16)2)9-14-7-5-6-8-17(14)22-20/h5-10,19H,4,11H2,1-3H3/t19-/m1/s1. The fraction of sp³-hybridized carbons (Fsp3) is 0.286. The number of nitrogens with zero attached hydrogens (tertiary/aromatic N) is 2. The number of hydrogen-bond acceptors (Lipinski definition) is 4. The fourth-order valence-corrected chi connectivity index (χ4v) is 3.70. The van der Waals surface area contributed by atoms with Crippen LogP contribution in [0.1, 0.15) is 43.1 Å². The van der Waals surface area contributed by atoms with Crippen molar-refractivity contribution in [1.82, 2.24) is 9.55 Å². The van der Waals surface area contributed by atoms with Gasteiger partial charge in [-0.25, -0.2) is 4.98 Å². The largest absolute Gasteiger partial charge is 0.458 e. The SMILES string of the molecule is CC[C@@H](OC(C)=O)c1cc2n(c(=O)c1C)Cc1cc3ccccc3nc1-2. The van der Waals surface area contributed by atoms with Crippen molar-refractivity contribution in [2.24, 2.45) is 0 Å². The van der Waals surface area contributed by atoms with Gasteiger partial charge in [0.25, 0.3) is 5.56 Å². The summed E-state index contributed by atoms with van der Waals surface area (Å²) in [5, 5.41) is 1.07. The number of benzene rings is 1. The summed E-state index contributed by atoms with van der Waals surface area (Å²) in [6, 6.07) is 12.0. The van der Waals surface area contributed by atoms with Crippen LogP contribution >= 0.6 is 0 Å². The van der Waals surface area contributed by atoms with Crippen molar-refractivity contribution in [3.05, 3.63) is 63.4 Å². The van der Waals surface area contributed by atoms with Crippen molar-refractivity contribution in [3.63, 3.8) is 0 Å². The first-order chi connectivity index (χ1) is 12.5. The number of carbonyl (C=O) groups is 1. The first kappa shape index (κ1) is 16.5. The van der Waals surface area contributed by atoms with Crippen LogP contribution in [0.4, 0.5) is 0 Å². The molecule has 2 aromatic heterocycles. The van der Waals surface area contributed by atoms with Crippen LogP contribution in [0.5, 0.6) is 0 Å². The molecule has 26 heavy (non-hydrogen) atoms. The molecule has 5 heteroatoms. The van der Waals surface area contributed by atoms with E-state index in [4.69, 9.17) is 9.72 Å². The molecule has 5 nitrogen and oxygen atoms in total. The second kappa shape index (κ2) is 6.09. The van der Waals surface area contributed by atoms with Gasteiger partial charge in [0.1, 0.15) is 6.10 Å². The molecule has 0 spiro atoms. The zero-order valence-electron chi connectivity index (χ0n) is 15.1. The molecule has 1 aromatic carbocycles. The molecule has 0 saturated heterocycles. The zero-order valence-corrected chi connectivity index (χ0v) is 15.1. The van der Waals surface area contributed by atoms with Crippen LogP contribution in [-0.4, -0.2) is 15.5 Å². The van der Waals surface area contributed by atoms with Gasteiger partial charge in [0.15, 0.2) is 0 Å². The molecule has 0 bridgehead atoms. The lowest BCUT2D eigenvalue weighted by atomic mass is 10.0. The molecule has 4 rings (SSSR count). The van der Waals surface area contributed by atoms with Crippen LogP contribution in [0.25, 0.3) is 22.3 Å². The van der Waals surface area contributed by atoms with Gasteiger partial charge in [0.05, 0.1) is 23.4 Å². The minimum Gasteiger partial charge on any atom is -0.458 e. The Bertz CT molecular complexity index is 1100. The van der Waals surface area contributed by atoms with Crippen LogP contribution in [0.3, 0.4) is 0 Å².